The van der Waals surface area contributed by atoms with Crippen LogP contribution in [0.25, 0.3) is 11.3 Å². The van der Waals surface area contributed by atoms with Crippen LogP contribution >= 0.6 is 0 Å². The zero-order valence-electron chi connectivity index (χ0n) is 11.0. The lowest BCUT2D eigenvalue weighted by Gasteiger charge is -1.96. The predicted octanol–water partition coefficient (Wildman–Crippen LogP) is 1.94. The van der Waals surface area contributed by atoms with Crippen LogP contribution in [-0.4, -0.2) is 21.0 Å². The minimum absolute atomic E-state index is 0.687. The lowest BCUT2D eigenvalue weighted by atomic mass is 10.1. The highest BCUT2D eigenvalue weighted by molar-refractivity contribution is 5.63. The first-order valence-corrected chi connectivity index (χ1v) is 6.34. The summed E-state index contributed by atoms with van der Waals surface area (Å²) in [5, 5.41) is 11.9. The molecular weight excluding hydrogens is 228 g/mol. The van der Waals surface area contributed by atoms with Crippen molar-refractivity contribution in [3.63, 3.8) is 0 Å². The van der Waals surface area contributed by atoms with Crippen molar-refractivity contribution in [2.45, 2.75) is 39.3 Å². The maximum absolute atomic E-state index is 5.44. The Balaban J connectivity index is 1.82. The van der Waals surface area contributed by atoms with Crippen molar-refractivity contribution in [3.05, 3.63) is 23.1 Å². The molecule has 96 valence electrons. The molecule has 1 aliphatic rings. The average molecular weight is 246 g/mol. The van der Waals surface area contributed by atoms with E-state index in [4.69, 9.17) is 4.52 Å². The molecule has 0 aromatic carbocycles. The summed E-state index contributed by atoms with van der Waals surface area (Å²) in [5.41, 5.74) is 4.10. The third kappa shape index (κ3) is 2.06. The van der Waals surface area contributed by atoms with E-state index in [1.54, 1.807) is 0 Å². The average Bonchev–Trinajstić information content (AvgIpc) is 2.99. The topological polar surface area (TPSA) is 55.9 Å². The number of aromatic nitrogens is 3. The summed E-state index contributed by atoms with van der Waals surface area (Å²) in [7, 11) is 1.94. The lowest BCUT2D eigenvalue weighted by molar-refractivity contribution is 0.419. The van der Waals surface area contributed by atoms with E-state index < -0.39 is 0 Å². The number of hydrogen-bond donors (Lipinski definition) is 1. The molecule has 2 aromatic heterocycles. The Morgan fingerprint density at radius 2 is 2.22 bits per heavy atom. The largest absolute Gasteiger partial charge is 0.356 e. The smallest absolute Gasteiger partial charge is 0.170 e. The monoisotopic (exact) mass is 246 g/mol. The molecule has 1 aliphatic carbocycles. The van der Waals surface area contributed by atoms with E-state index in [0.29, 0.717) is 6.04 Å². The van der Waals surface area contributed by atoms with Gasteiger partial charge in [0.25, 0.3) is 0 Å². The van der Waals surface area contributed by atoms with Crippen LogP contribution in [0.5, 0.6) is 0 Å². The minimum atomic E-state index is 0.687. The van der Waals surface area contributed by atoms with E-state index in [2.05, 4.69) is 15.6 Å². The first-order chi connectivity index (χ1) is 8.65. The van der Waals surface area contributed by atoms with Gasteiger partial charge in [0.15, 0.2) is 5.76 Å². The molecule has 0 atom stereocenters. The van der Waals surface area contributed by atoms with Crippen molar-refractivity contribution in [2.75, 3.05) is 0 Å². The number of nitrogens with one attached hydrogen (secondary N) is 1. The maximum atomic E-state index is 5.44. The molecule has 5 heteroatoms. The van der Waals surface area contributed by atoms with Gasteiger partial charge >= 0.3 is 0 Å². The van der Waals surface area contributed by atoms with Crippen LogP contribution in [0.1, 0.15) is 29.9 Å². The summed E-state index contributed by atoms with van der Waals surface area (Å²) < 4.78 is 7.31. The van der Waals surface area contributed by atoms with Gasteiger partial charge in [-0.1, -0.05) is 5.16 Å². The van der Waals surface area contributed by atoms with E-state index in [1.165, 1.54) is 12.8 Å². The number of nitrogens with zero attached hydrogens (tertiary/aromatic N) is 3. The third-order valence-electron chi connectivity index (χ3n) is 3.46. The molecule has 1 fully saturated rings. The summed E-state index contributed by atoms with van der Waals surface area (Å²) in [6, 6.07) is 2.69. The molecule has 0 aliphatic heterocycles. The third-order valence-corrected chi connectivity index (χ3v) is 3.46. The molecule has 0 amide bonds. The highest BCUT2D eigenvalue weighted by Crippen LogP contribution is 2.27. The van der Waals surface area contributed by atoms with Crippen molar-refractivity contribution < 1.29 is 4.52 Å². The summed E-state index contributed by atoms with van der Waals surface area (Å²) >= 11 is 0. The Hall–Kier alpha value is -1.62. The Morgan fingerprint density at radius 3 is 2.83 bits per heavy atom. The summed E-state index contributed by atoms with van der Waals surface area (Å²) in [4.78, 5) is 0. The number of aryl methyl sites for hydroxylation is 2. The molecule has 0 spiro atoms. The highest BCUT2D eigenvalue weighted by Gasteiger charge is 2.21. The van der Waals surface area contributed by atoms with Gasteiger partial charge in [0.05, 0.1) is 17.0 Å². The zero-order valence-corrected chi connectivity index (χ0v) is 11.0. The SMILES string of the molecule is Cc1nn(C)c(C)c1-c1cc(CNC2CC2)no1. The summed E-state index contributed by atoms with van der Waals surface area (Å²) in [5.74, 6) is 0.811. The van der Waals surface area contributed by atoms with E-state index in [1.807, 2.05) is 31.6 Å². The lowest BCUT2D eigenvalue weighted by Crippen LogP contribution is -2.15. The Kier molecular flexibility index (Phi) is 2.70. The van der Waals surface area contributed by atoms with E-state index in [0.717, 1.165) is 35.0 Å². The van der Waals surface area contributed by atoms with Gasteiger partial charge < -0.3 is 9.84 Å². The fourth-order valence-electron chi connectivity index (χ4n) is 2.18. The number of rotatable bonds is 4. The van der Waals surface area contributed by atoms with Crippen LogP contribution in [0.4, 0.5) is 0 Å². The van der Waals surface area contributed by atoms with Gasteiger partial charge in [0.1, 0.15) is 0 Å². The quantitative estimate of drug-likeness (QED) is 0.895. The fraction of sp³-hybridized carbons (Fsp3) is 0.538. The van der Waals surface area contributed by atoms with Crippen LogP contribution < -0.4 is 5.32 Å². The van der Waals surface area contributed by atoms with E-state index in [9.17, 15) is 0 Å². The van der Waals surface area contributed by atoms with Gasteiger partial charge in [-0.3, -0.25) is 4.68 Å². The summed E-state index contributed by atoms with van der Waals surface area (Å²) in [6.45, 7) is 4.82. The molecule has 5 nitrogen and oxygen atoms in total. The highest BCUT2D eigenvalue weighted by atomic mass is 16.5. The Labute approximate surface area is 106 Å². The molecule has 1 saturated carbocycles. The van der Waals surface area contributed by atoms with Gasteiger partial charge in [0, 0.05) is 31.4 Å². The van der Waals surface area contributed by atoms with Crippen molar-refractivity contribution in [2.24, 2.45) is 7.05 Å². The van der Waals surface area contributed by atoms with Gasteiger partial charge in [0.2, 0.25) is 0 Å². The van der Waals surface area contributed by atoms with Crippen LogP contribution in [0.2, 0.25) is 0 Å². The van der Waals surface area contributed by atoms with Crippen LogP contribution in [0.15, 0.2) is 10.6 Å². The van der Waals surface area contributed by atoms with Gasteiger partial charge in [-0.2, -0.15) is 5.10 Å². The maximum Gasteiger partial charge on any atom is 0.170 e. The molecular formula is C13H18N4O. The van der Waals surface area contributed by atoms with Gasteiger partial charge in [-0.05, 0) is 26.7 Å². The molecule has 2 aromatic rings. The van der Waals surface area contributed by atoms with E-state index >= 15 is 0 Å². The standard InChI is InChI=1S/C13H18N4O/c1-8-13(9(2)17(3)15-8)12-6-11(16-18-12)7-14-10-4-5-10/h6,10,14H,4-5,7H2,1-3H3. The van der Waals surface area contributed by atoms with Crippen molar-refractivity contribution in [1.29, 1.82) is 0 Å². The molecule has 0 bridgehead atoms. The molecule has 2 heterocycles. The number of hydrogen-bond acceptors (Lipinski definition) is 4. The minimum Gasteiger partial charge on any atom is -0.356 e. The van der Waals surface area contributed by atoms with Crippen molar-refractivity contribution in [3.8, 4) is 11.3 Å². The molecule has 0 radical (unpaired) electrons. The normalized spacial score (nSPS) is 15.3. The first kappa shape index (κ1) is 11.5. The van der Waals surface area contributed by atoms with Gasteiger partial charge in [-0.15, -0.1) is 0 Å². The molecule has 18 heavy (non-hydrogen) atoms. The second kappa shape index (κ2) is 4.24. The predicted molar refractivity (Wildman–Crippen MR) is 68.0 cm³/mol. The first-order valence-electron chi connectivity index (χ1n) is 6.34. The summed E-state index contributed by atoms with van der Waals surface area (Å²) in [6.07, 6.45) is 2.57. The van der Waals surface area contributed by atoms with Crippen LogP contribution in [-0.2, 0) is 13.6 Å². The fourth-order valence-corrected chi connectivity index (χ4v) is 2.18. The van der Waals surface area contributed by atoms with Crippen molar-refractivity contribution >= 4 is 0 Å². The Bertz CT molecular complexity index is 566. The second-order valence-corrected chi connectivity index (χ2v) is 5.01. The molecule has 0 unspecified atom stereocenters. The Morgan fingerprint density at radius 1 is 1.44 bits per heavy atom. The van der Waals surface area contributed by atoms with Crippen molar-refractivity contribution in [1.82, 2.24) is 20.3 Å². The molecule has 3 rings (SSSR count). The van der Waals surface area contributed by atoms with Crippen LogP contribution in [0, 0.1) is 13.8 Å². The molecule has 0 saturated heterocycles. The van der Waals surface area contributed by atoms with E-state index in [-0.39, 0.29) is 0 Å². The zero-order chi connectivity index (χ0) is 12.7. The van der Waals surface area contributed by atoms with Gasteiger partial charge in [-0.25, -0.2) is 0 Å². The second-order valence-electron chi connectivity index (χ2n) is 5.01. The molecule has 1 N–H and O–H groups in total. The van der Waals surface area contributed by atoms with Crippen LogP contribution in [0.3, 0.4) is 0 Å².